The van der Waals surface area contributed by atoms with Gasteiger partial charge in [-0.2, -0.15) is 0 Å². The van der Waals surface area contributed by atoms with Crippen LogP contribution in [0, 0.1) is 0 Å². The minimum Gasteiger partial charge on any atom is -0.507 e. The molecule has 1 saturated heterocycles. The fourth-order valence-electron chi connectivity index (χ4n) is 3.61. The highest BCUT2D eigenvalue weighted by atomic mass is 16.3. The lowest BCUT2D eigenvalue weighted by molar-refractivity contribution is 0.111. The number of rotatable bonds is 5. The summed E-state index contributed by atoms with van der Waals surface area (Å²) in [5.74, 6) is 0.109. The van der Waals surface area contributed by atoms with Crippen LogP contribution in [0.5, 0.6) is 5.75 Å². The molecule has 0 radical (unpaired) electrons. The van der Waals surface area contributed by atoms with Gasteiger partial charge in [0.25, 0.3) is 0 Å². The number of fused-ring (bicyclic) bond motifs is 1. The summed E-state index contributed by atoms with van der Waals surface area (Å²) in [5.41, 5.74) is 2.71. The van der Waals surface area contributed by atoms with Crippen molar-refractivity contribution < 1.29 is 9.90 Å². The van der Waals surface area contributed by atoms with Gasteiger partial charge >= 0.3 is 0 Å². The van der Waals surface area contributed by atoms with E-state index >= 15 is 0 Å². The molecule has 5 nitrogen and oxygen atoms in total. The molecule has 0 aromatic heterocycles. The molecule has 1 aromatic rings. The van der Waals surface area contributed by atoms with Gasteiger partial charge in [0.15, 0.2) is 6.29 Å². The highest BCUT2D eigenvalue weighted by molar-refractivity contribution is 5.82. The third kappa shape index (κ3) is 3.91. The number of benzene rings is 1. The number of hydrogen-bond acceptors (Lipinski definition) is 5. The number of carbonyl (C=O) groups is 1. The number of hydrogen-bond donors (Lipinski definition) is 1. The Hall–Kier alpha value is -1.43. The molecule has 1 N–H and O–H groups in total. The normalized spacial score (nSPS) is 20.4. The van der Waals surface area contributed by atoms with Crippen LogP contribution >= 0.6 is 0 Å². The second kappa shape index (κ2) is 7.43. The van der Waals surface area contributed by atoms with E-state index in [9.17, 15) is 9.90 Å². The minimum absolute atomic E-state index is 0.109. The smallest absolute Gasteiger partial charge is 0.154 e. The first-order chi connectivity index (χ1) is 11.2. The molecule has 2 aliphatic rings. The molecule has 5 heteroatoms. The predicted octanol–water partition coefficient (Wildman–Crippen LogP) is 1.20. The first-order valence-corrected chi connectivity index (χ1v) is 8.59. The highest BCUT2D eigenvalue weighted by Gasteiger charge is 2.21. The molecule has 0 aliphatic carbocycles. The molecule has 0 spiro atoms. The summed E-state index contributed by atoms with van der Waals surface area (Å²) in [6, 6.07) is 3.60. The number of aromatic hydroxyl groups is 1. The Morgan fingerprint density at radius 1 is 1.09 bits per heavy atom. The molecule has 23 heavy (non-hydrogen) atoms. The third-order valence-electron chi connectivity index (χ3n) is 5.17. The summed E-state index contributed by atoms with van der Waals surface area (Å²) in [6.45, 7) is 8.69. The Morgan fingerprint density at radius 3 is 2.57 bits per heavy atom. The van der Waals surface area contributed by atoms with E-state index in [4.69, 9.17) is 0 Å². The van der Waals surface area contributed by atoms with Crippen LogP contribution in [0.1, 0.15) is 27.9 Å². The summed E-state index contributed by atoms with van der Waals surface area (Å²) in [7, 11) is 2.18. The number of likely N-dealkylation sites (N-methyl/N-ethyl adjacent to an activating group) is 1. The first kappa shape index (κ1) is 16.4. The van der Waals surface area contributed by atoms with Gasteiger partial charge in [-0.05, 0) is 50.2 Å². The summed E-state index contributed by atoms with van der Waals surface area (Å²) in [6.07, 6.45) is 2.92. The summed E-state index contributed by atoms with van der Waals surface area (Å²) >= 11 is 0. The zero-order valence-electron chi connectivity index (χ0n) is 14.0. The van der Waals surface area contributed by atoms with E-state index < -0.39 is 0 Å². The minimum atomic E-state index is 0.109. The second-order valence-corrected chi connectivity index (χ2v) is 6.78. The van der Waals surface area contributed by atoms with Crippen molar-refractivity contribution in [1.82, 2.24) is 14.7 Å². The first-order valence-electron chi connectivity index (χ1n) is 8.59. The Labute approximate surface area is 138 Å². The average molecular weight is 317 g/mol. The van der Waals surface area contributed by atoms with Crippen LogP contribution in [-0.4, -0.2) is 79.0 Å². The fraction of sp³-hybridized carbons (Fsp3) is 0.611. The largest absolute Gasteiger partial charge is 0.507 e. The molecule has 0 bridgehead atoms. The summed E-state index contributed by atoms with van der Waals surface area (Å²) < 4.78 is 0. The van der Waals surface area contributed by atoms with Crippen LogP contribution in [0.15, 0.2) is 12.1 Å². The standard InChI is InChI=1S/C18H27N3O2/c1-19-9-11-20(12-10-19)6-2-7-21-8-5-15-3-4-18(23)17(14-22)16(15)13-21/h3-4,14,23H,2,5-13H2,1H3. The summed E-state index contributed by atoms with van der Waals surface area (Å²) in [5, 5.41) is 9.86. The van der Waals surface area contributed by atoms with Crippen LogP contribution in [0.25, 0.3) is 0 Å². The van der Waals surface area contributed by atoms with Gasteiger partial charge in [0.1, 0.15) is 5.75 Å². The van der Waals surface area contributed by atoms with Crippen LogP contribution in [0.4, 0.5) is 0 Å². The molecule has 0 amide bonds. The van der Waals surface area contributed by atoms with Gasteiger partial charge in [-0.3, -0.25) is 9.69 Å². The van der Waals surface area contributed by atoms with Gasteiger partial charge in [-0.15, -0.1) is 0 Å². The van der Waals surface area contributed by atoms with E-state index in [0.717, 1.165) is 50.9 Å². The van der Waals surface area contributed by atoms with Gasteiger partial charge < -0.3 is 14.9 Å². The van der Waals surface area contributed by atoms with E-state index in [1.54, 1.807) is 6.07 Å². The van der Waals surface area contributed by atoms with Gasteiger partial charge in [0.05, 0.1) is 5.56 Å². The maximum atomic E-state index is 11.3. The van der Waals surface area contributed by atoms with Gasteiger partial charge in [-0.25, -0.2) is 0 Å². The number of piperazine rings is 1. The van der Waals surface area contributed by atoms with E-state index in [-0.39, 0.29) is 5.75 Å². The van der Waals surface area contributed by atoms with Crippen molar-refractivity contribution in [3.63, 3.8) is 0 Å². The topological polar surface area (TPSA) is 47.0 Å². The van der Waals surface area contributed by atoms with Gasteiger partial charge in [0, 0.05) is 39.3 Å². The molecule has 2 aliphatic heterocycles. The molecule has 2 heterocycles. The number of phenols is 1. The maximum Gasteiger partial charge on any atom is 0.154 e. The molecular formula is C18H27N3O2. The number of nitrogens with zero attached hydrogens (tertiary/aromatic N) is 3. The van der Waals surface area contributed by atoms with Crippen molar-refractivity contribution in [2.75, 3.05) is 52.9 Å². The van der Waals surface area contributed by atoms with Crippen LogP contribution in [0.2, 0.25) is 0 Å². The Kier molecular flexibility index (Phi) is 5.30. The quantitative estimate of drug-likeness (QED) is 0.827. The zero-order chi connectivity index (χ0) is 16.2. The second-order valence-electron chi connectivity index (χ2n) is 6.78. The Morgan fingerprint density at radius 2 is 1.83 bits per heavy atom. The number of aldehydes is 1. The molecule has 0 atom stereocenters. The summed E-state index contributed by atoms with van der Waals surface area (Å²) in [4.78, 5) is 18.6. The maximum absolute atomic E-state index is 11.3. The molecular weight excluding hydrogens is 290 g/mol. The molecule has 0 saturated carbocycles. The monoisotopic (exact) mass is 317 g/mol. The third-order valence-corrected chi connectivity index (χ3v) is 5.17. The lowest BCUT2D eigenvalue weighted by atomic mass is 9.94. The van der Waals surface area contributed by atoms with Gasteiger partial charge in [0.2, 0.25) is 0 Å². The van der Waals surface area contributed by atoms with Crippen molar-refractivity contribution in [2.24, 2.45) is 0 Å². The lowest BCUT2D eigenvalue weighted by Crippen LogP contribution is -2.45. The molecule has 1 fully saturated rings. The van der Waals surface area contributed by atoms with Crippen LogP contribution in [0.3, 0.4) is 0 Å². The van der Waals surface area contributed by atoms with Crippen molar-refractivity contribution in [3.05, 3.63) is 28.8 Å². The fourth-order valence-corrected chi connectivity index (χ4v) is 3.61. The lowest BCUT2D eigenvalue weighted by Gasteiger charge is -2.34. The van der Waals surface area contributed by atoms with E-state index in [2.05, 4.69) is 21.7 Å². The SMILES string of the molecule is CN1CCN(CCCN2CCc3ccc(O)c(C=O)c3C2)CC1. The number of carbonyl (C=O) groups excluding carboxylic acids is 1. The molecule has 1 aromatic carbocycles. The van der Waals surface area contributed by atoms with Crippen molar-refractivity contribution in [3.8, 4) is 5.75 Å². The molecule has 3 rings (SSSR count). The number of phenolic OH excluding ortho intramolecular Hbond substituents is 1. The van der Waals surface area contributed by atoms with Crippen LogP contribution in [-0.2, 0) is 13.0 Å². The van der Waals surface area contributed by atoms with Crippen molar-refractivity contribution in [2.45, 2.75) is 19.4 Å². The highest BCUT2D eigenvalue weighted by Crippen LogP contribution is 2.28. The van der Waals surface area contributed by atoms with Crippen molar-refractivity contribution >= 4 is 6.29 Å². The van der Waals surface area contributed by atoms with E-state index in [1.807, 2.05) is 6.07 Å². The Bertz CT molecular complexity index is 553. The van der Waals surface area contributed by atoms with Crippen molar-refractivity contribution in [1.29, 1.82) is 0 Å². The van der Waals surface area contributed by atoms with E-state index in [1.165, 1.54) is 31.7 Å². The van der Waals surface area contributed by atoms with Gasteiger partial charge in [-0.1, -0.05) is 6.07 Å². The van der Waals surface area contributed by atoms with E-state index in [0.29, 0.717) is 5.56 Å². The Balaban J connectivity index is 1.51. The molecule has 0 unspecified atom stereocenters. The zero-order valence-corrected chi connectivity index (χ0v) is 14.0. The molecule has 126 valence electrons. The predicted molar refractivity (Wildman–Crippen MR) is 91.0 cm³/mol. The van der Waals surface area contributed by atoms with Crippen LogP contribution < -0.4 is 0 Å². The average Bonchev–Trinajstić information content (AvgIpc) is 2.56.